The highest BCUT2D eigenvalue weighted by Crippen LogP contribution is 2.45. The number of rotatable bonds is 5. The molecular weight excluding hydrogens is 264 g/mol. The zero-order valence-electron chi connectivity index (χ0n) is 12.6. The van der Waals surface area contributed by atoms with Crippen molar-refractivity contribution in [3.63, 3.8) is 0 Å². The highest BCUT2D eigenvalue weighted by Gasteiger charge is 2.31. The summed E-state index contributed by atoms with van der Waals surface area (Å²) in [5.41, 5.74) is 3.70. The maximum absolute atomic E-state index is 10.2. The molecule has 3 rings (SSSR count). The number of aromatic amines is 1. The molecule has 1 aromatic carbocycles. The van der Waals surface area contributed by atoms with Crippen LogP contribution >= 0.6 is 0 Å². The average Bonchev–Trinajstić information content (AvgIpc) is 3.08. The molecule has 1 heterocycles. The smallest absolute Gasteiger partial charge is 0.137 e. The Morgan fingerprint density at radius 3 is 3.00 bits per heavy atom. The predicted molar refractivity (Wildman–Crippen MR) is 81.3 cm³/mol. The van der Waals surface area contributed by atoms with Crippen molar-refractivity contribution in [2.24, 2.45) is 0 Å². The van der Waals surface area contributed by atoms with Crippen LogP contribution in [0.15, 0.2) is 18.5 Å². The van der Waals surface area contributed by atoms with Gasteiger partial charge in [0.15, 0.2) is 0 Å². The van der Waals surface area contributed by atoms with E-state index in [-0.39, 0.29) is 6.04 Å². The summed E-state index contributed by atoms with van der Waals surface area (Å²) in [6.45, 7) is 5.27. The minimum Gasteiger partial charge on any atom is -0.508 e. The second kappa shape index (κ2) is 5.85. The first kappa shape index (κ1) is 14.1. The normalized spacial score (nSPS) is 20.7. The van der Waals surface area contributed by atoms with Crippen molar-refractivity contribution >= 4 is 0 Å². The zero-order chi connectivity index (χ0) is 14.8. The average molecular weight is 286 g/mol. The van der Waals surface area contributed by atoms with E-state index in [1.165, 1.54) is 11.1 Å². The molecule has 1 aliphatic rings. The van der Waals surface area contributed by atoms with E-state index in [4.69, 9.17) is 0 Å². The number of phenolic OH excluding ortho intramolecular Hbond substituents is 1. The molecule has 21 heavy (non-hydrogen) atoms. The van der Waals surface area contributed by atoms with Crippen LogP contribution in [0.25, 0.3) is 0 Å². The molecule has 0 fully saturated rings. The van der Waals surface area contributed by atoms with Crippen molar-refractivity contribution in [3.8, 4) is 5.75 Å². The molecule has 1 aromatic heterocycles. The number of aromatic hydroxyl groups is 1. The van der Waals surface area contributed by atoms with Gasteiger partial charge in [-0.25, -0.2) is 4.98 Å². The fourth-order valence-corrected chi connectivity index (χ4v) is 3.41. The Bertz CT molecular complexity index is 609. The maximum Gasteiger partial charge on any atom is 0.137 e. The molecule has 1 aliphatic carbocycles. The summed E-state index contributed by atoms with van der Waals surface area (Å²) in [6, 6.07) is 4.08. The molecule has 5 nitrogen and oxygen atoms in total. The van der Waals surface area contributed by atoms with Gasteiger partial charge < -0.3 is 10.4 Å². The van der Waals surface area contributed by atoms with Crippen LogP contribution < -0.4 is 5.32 Å². The second-order valence-electron chi connectivity index (χ2n) is 5.91. The van der Waals surface area contributed by atoms with Crippen LogP contribution in [0.1, 0.15) is 54.2 Å². The van der Waals surface area contributed by atoms with Gasteiger partial charge in [-0.15, -0.1) is 0 Å². The largest absolute Gasteiger partial charge is 0.508 e. The number of H-pyrrole nitrogens is 1. The zero-order valence-corrected chi connectivity index (χ0v) is 12.6. The van der Waals surface area contributed by atoms with Gasteiger partial charge in [0.25, 0.3) is 0 Å². The summed E-state index contributed by atoms with van der Waals surface area (Å²) in [6.07, 6.45) is 4.48. The van der Waals surface area contributed by atoms with E-state index in [0.717, 1.165) is 37.2 Å². The molecule has 112 valence electrons. The minimum atomic E-state index is 0.254. The first-order valence-corrected chi connectivity index (χ1v) is 7.56. The van der Waals surface area contributed by atoms with E-state index < -0.39 is 0 Å². The van der Waals surface area contributed by atoms with Crippen LogP contribution in [-0.2, 0) is 6.42 Å². The Labute approximate surface area is 124 Å². The fourth-order valence-electron chi connectivity index (χ4n) is 3.41. The van der Waals surface area contributed by atoms with E-state index in [9.17, 15) is 5.11 Å². The topological polar surface area (TPSA) is 73.8 Å². The molecule has 2 atom stereocenters. The monoisotopic (exact) mass is 286 g/mol. The van der Waals surface area contributed by atoms with Gasteiger partial charge in [-0.3, -0.25) is 5.10 Å². The van der Waals surface area contributed by atoms with Gasteiger partial charge in [0.2, 0.25) is 0 Å². The van der Waals surface area contributed by atoms with Crippen molar-refractivity contribution in [2.45, 2.75) is 45.1 Å². The van der Waals surface area contributed by atoms with Crippen LogP contribution in [0.4, 0.5) is 0 Å². The molecular formula is C16H22N4O. The highest BCUT2D eigenvalue weighted by molar-refractivity contribution is 5.50. The summed E-state index contributed by atoms with van der Waals surface area (Å²) in [5.74, 6) is 1.85. The van der Waals surface area contributed by atoms with Gasteiger partial charge in [-0.05, 0) is 49.4 Å². The Morgan fingerprint density at radius 2 is 2.24 bits per heavy atom. The van der Waals surface area contributed by atoms with E-state index in [1.54, 1.807) is 6.33 Å². The van der Waals surface area contributed by atoms with Crippen LogP contribution in [0.5, 0.6) is 5.75 Å². The molecule has 0 saturated carbocycles. The van der Waals surface area contributed by atoms with Gasteiger partial charge in [0.05, 0.1) is 0 Å². The predicted octanol–water partition coefficient (Wildman–Crippen LogP) is 2.59. The first-order valence-electron chi connectivity index (χ1n) is 7.56. The van der Waals surface area contributed by atoms with Gasteiger partial charge in [-0.2, -0.15) is 5.10 Å². The summed E-state index contributed by atoms with van der Waals surface area (Å²) in [5, 5.41) is 20.5. The Kier molecular flexibility index (Phi) is 3.92. The number of nitrogens with zero attached hydrogens (tertiary/aromatic N) is 2. The second-order valence-corrected chi connectivity index (χ2v) is 5.91. The van der Waals surface area contributed by atoms with Crippen LogP contribution in [0.2, 0.25) is 0 Å². The van der Waals surface area contributed by atoms with Crippen LogP contribution in [0.3, 0.4) is 0 Å². The van der Waals surface area contributed by atoms with Crippen molar-refractivity contribution < 1.29 is 5.11 Å². The van der Waals surface area contributed by atoms with E-state index in [0.29, 0.717) is 11.7 Å². The van der Waals surface area contributed by atoms with Crippen molar-refractivity contribution in [2.75, 3.05) is 6.54 Å². The lowest BCUT2D eigenvalue weighted by Crippen LogP contribution is -2.21. The molecule has 0 amide bonds. The summed E-state index contributed by atoms with van der Waals surface area (Å²) >= 11 is 0. The Hall–Kier alpha value is -1.88. The van der Waals surface area contributed by atoms with Gasteiger partial charge in [0, 0.05) is 18.0 Å². The molecule has 2 aromatic rings. The lowest BCUT2D eigenvalue weighted by atomic mass is 9.97. The summed E-state index contributed by atoms with van der Waals surface area (Å²) in [4.78, 5) is 4.12. The number of hydrogen-bond donors (Lipinski definition) is 3. The molecule has 5 heteroatoms. The number of aryl methyl sites for hydroxylation is 2. The van der Waals surface area contributed by atoms with Crippen molar-refractivity contribution in [1.29, 1.82) is 0 Å². The van der Waals surface area contributed by atoms with Crippen molar-refractivity contribution in [3.05, 3.63) is 41.0 Å². The molecule has 3 N–H and O–H groups in total. The number of nitrogens with one attached hydrogen (secondary N) is 2. The van der Waals surface area contributed by atoms with Crippen molar-refractivity contribution in [1.82, 2.24) is 20.5 Å². The van der Waals surface area contributed by atoms with E-state index in [1.807, 2.05) is 12.1 Å². The van der Waals surface area contributed by atoms with Crippen LogP contribution in [0, 0.1) is 6.92 Å². The third-order valence-corrected chi connectivity index (χ3v) is 4.36. The quantitative estimate of drug-likeness (QED) is 0.739. The molecule has 0 radical (unpaired) electrons. The Balaban J connectivity index is 1.62. The number of aromatic nitrogens is 3. The molecule has 0 bridgehead atoms. The number of hydrogen-bond acceptors (Lipinski definition) is 4. The lowest BCUT2D eigenvalue weighted by molar-refractivity contribution is 0.443. The molecule has 0 saturated heterocycles. The minimum absolute atomic E-state index is 0.254. The molecule has 0 spiro atoms. The van der Waals surface area contributed by atoms with Gasteiger partial charge >= 0.3 is 0 Å². The fraction of sp³-hybridized carbons (Fsp3) is 0.500. The molecule has 0 aliphatic heterocycles. The summed E-state index contributed by atoms with van der Waals surface area (Å²) < 4.78 is 0. The summed E-state index contributed by atoms with van der Waals surface area (Å²) in [7, 11) is 0. The Morgan fingerprint density at radius 1 is 1.38 bits per heavy atom. The lowest BCUT2D eigenvalue weighted by Gasteiger charge is -2.15. The standard InChI is InChI=1S/C16H22N4O/c1-10-5-6-13(21)16-12(8-11(2)15(10)16)17-7-3-4-14-18-9-19-20-14/h5-6,9,11-12,17,21H,3-4,7-8H2,1-2H3,(H,18,19,20). The van der Waals surface area contributed by atoms with Crippen LogP contribution in [-0.4, -0.2) is 26.8 Å². The third-order valence-electron chi connectivity index (χ3n) is 4.36. The first-order chi connectivity index (χ1) is 10.2. The highest BCUT2D eigenvalue weighted by atomic mass is 16.3. The maximum atomic E-state index is 10.2. The third kappa shape index (κ3) is 2.78. The van der Waals surface area contributed by atoms with E-state index >= 15 is 0 Å². The van der Waals surface area contributed by atoms with Gasteiger partial charge in [0.1, 0.15) is 17.9 Å². The molecule has 2 unspecified atom stereocenters. The van der Waals surface area contributed by atoms with E-state index in [2.05, 4.69) is 34.3 Å². The number of benzene rings is 1. The van der Waals surface area contributed by atoms with Gasteiger partial charge in [-0.1, -0.05) is 13.0 Å². The SMILES string of the molecule is Cc1ccc(O)c2c1C(C)CC2NCCCc1ncn[nH]1. The number of phenols is 1. The number of fused-ring (bicyclic) bond motifs is 1.